The van der Waals surface area contributed by atoms with Crippen LogP contribution in [0.1, 0.15) is 6.42 Å². The third-order valence-corrected chi connectivity index (χ3v) is 2.87. The van der Waals surface area contributed by atoms with Crippen molar-refractivity contribution in [3.05, 3.63) is 47.6 Å². The zero-order valence-corrected chi connectivity index (χ0v) is 12.2. The highest BCUT2D eigenvalue weighted by Gasteiger charge is 2.03. The molecule has 2 aromatic rings. The number of hydrogen-bond donors (Lipinski definition) is 2. The average molecular weight is 309 g/mol. The van der Waals surface area contributed by atoms with Crippen LogP contribution in [-0.2, 0) is 4.79 Å². The van der Waals surface area contributed by atoms with E-state index in [2.05, 4.69) is 22.9 Å². The Hall–Kier alpha value is -1.72. The van der Waals surface area contributed by atoms with Gasteiger partial charge in [0, 0.05) is 11.4 Å². The number of nitrogens with one attached hydrogen (secondary N) is 1. The fourth-order valence-corrected chi connectivity index (χ4v) is 1.79. The van der Waals surface area contributed by atoms with E-state index in [0.29, 0.717) is 34.5 Å². The molecule has 0 spiro atoms. The van der Waals surface area contributed by atoms with E-state index in [4.69, 9.17) is 16.3 Å². The van der Waals surface area contributed by atoms with Gasteiger partial charge in [-0.2, -0.15) is 12.6 Å². The molecule has 104 valence electrons. The first-order valence-electron chi connectivity index (χ1n) is 5.97. The number of carbonyl (C=O) groups is 1. The summed E-state index contributed by atoms with van der Waals surface area (Å²) in [6.45, 7) is 0. The highest BCUT2D eigenvalue weighted by atomic mass is 35.5. The van der Waals surface area contributed by atoms with Crippen LogP contribution < -0.4 is 10.1 Å². The van der Waals surface area contributed by atoms with Gasteiger partial charge in [-0.05, 0) is 42.2 Å². The Morgan fingerprint density at radius 1 is 1.20 bits per heavy atom. The van der Waals surface area contributed by atoms with Crippen LogP contribution in [0.3, 0.4) is 0 Å². The Balaban J connectivity index is 1.97. The first-order chi connectivity index (χ1) is 9.67. The smallest absolute Gasteiger partial charge is 0.226 e. The van der Waals surface area contributed by atoms with Crippen molar-refractivity contribution in [2.75, 3.05) is 11.1 Å². The quantitative estimate of drug-likeness (QED) is 0.826. The first kappa shape index (κ1) is 14.7. The highest BCUT2D eigenvalue weighted by molar-refractivity contribution is 7.80. The maximum Gasteiger partial charge on any atom is 0.226 e. The zero-order valence-electron chi connectivity index (χ0n) is 10.5. The second-order valence-electron chi connectivity index (χ2n) is 3.96. The lowest BCUT2D eigenvalue weighted by Crippen LogP contribution is -2.12. The van der Waals surface area contributed by atoms with Gasteiger partial charge in [0.2, 0.25) is 5.91 Å². The van der Waals surface area contributed by atoms with Crippen molar-refractivity contribution >= 4 is 36.0 Å². The van der Waals surface area contributed by atoms with E-state index in [9.17, 15) is 4.79 Å². The van der Waals surface area contributed by atoms with E-state index in [1.165, 1.54) is 0 Å². The van der Waals surface area contributed by atoms with Crippen LogP contribution in [0.25, 0.3) is 0 Å². The molecule has 1 aromatic heterocycles. The molecule has 1 amide bonds. The zero-order chi connectivity index (χ0) is 14.4. The topological polar surface area (TPSA) is 51.2 Å². The van der Waals surface area contributed by atoms with Crippen molar-refractivity contribution in [3.63, 3.8) is 0 Å². The van der Waals surface area contributed by atoms with Gasteiger partial charge >= 0.3 is 0 Å². The number of anilines is 1. The Morgan fingerprint density at radius 2 is 1.90 bits per heavy atom. The second-order valence-corrected chi connectivity index (χ2v) is 4.84. The van der Waals surface area contributed by atoms with Gasteiger partial charge in [0.05, 0.1) is 6.20 Å². The number of hydrogen-bond acceptors (Lipinski definition) is 4. The molecule has 1 N–H and O–H groups in total. The lowest BCUT2D eigenvalue weighted by atomic mass is 10.3. The second kappa shape index (κ2) is 7.17. The number of rotatable bonds is 5. The lowest BCUT2D eigenvalue weighted by molar-refractivity contribution is -0.115. The summed E-state index contributed by atoms with van der Waals surface area (Å²) < 4.78 is 5.59. The number of benzene rings is 1. The Bertz CT molecular complexity index is 573. The molecular formula is C14H13ClN2O2S. The van der Waals surface area contributed by atoms with E-state index >= 15 is 0 Å². The third-order valence-electron chi connectivity index (χ3n) is 2.39. The minimum Gasteiger partial charge on any atom is -0.456 e. The molecule has 1 heterocycles. The summed E-state index contributed by atoms with van der Waals surface area (Å²) in [5, 5.41) is 3.32. The number of aromatic nitrogens is 1. The first-order valence-corrected chi connectivity index (χ1v) is 6.98. The largest absolute Gasteiger partial charge is 0.456 e. The number of thiol groups is 1. The SMILES string of the molecule is O=C(CCS)Nc1ccc(Oc2ccc(Cl)cc2)cn1. The lowest BCUT2D eigenvalue weighted by Gasteiger charge is -2.07. The van der Waals surface area contributed by atoms with Gasteiger partial charge in [-0.15, -0.1) is 0 Å². The Morgan fingerprint density at radius 3 is 2.50 bits per heavy atom. The molecule has 4 nitrogen and oxygen atoms in total. The predicted molar refractivity (Wildman–Crippen MR) is 82.9 cm³/mol. The van der Waals surface area contributed by atoms with Gasteiger partial charge in [-0.3, -0.25) is 4.79 Å². The number of halogens is 1. The van der Waals surface area contributed by atoms with Crippen LogP contribution in [-0.4, -0.2) is 16.6 Å². The molecule has 0 radical (unpaired) electrons. The maximum atomic E-state index is 11.4. The summed E-state index contributed by atoms with van der Waals surface area (Å²) in [7, 11) is 0. The van der Waals surface area contributed by atoms with Crippen molar-refractivity contribution in [2.45, 2.75) is 6.42 Å². The molecule has 0 aliphatic carbocycles. The fraction of sp³-hybridized carbons (Fsp3) is 0.143. The third kappa shape index (κ3) is 4.43. The monoisotopic (exact) mass is 308 g/mol. The fourth-order valence-electron chi connectivity index (χ4n) is 1.46. The van der Waals surface area contributed by atoms with Gasteiger partial charge in [0.15, 0.2) is 0 Å². The molecule has 0 bridgehead atoms. The summed E-state index contributed by atoms with van der Waals surface area (Å²) >= 11 is 9.79. The molecule has 0 aliphatic heterocycles. The molecule has 0 atom stereocenters. The van der Waals surface area contributed by atoms with Crippen molar-refractivity contribution in [3.8, 4) is 11.5 Å². The molecule has 0 saturated carbocycles. The predicted octanol–water partition coefficient (Wildman–Crippen LogP) is 3.79. The minimum absolute atomic E-state index is 0.112. The van der Waals surface area contributed by atoms with Gasteiger partial charge in [0.25, 0.3) is 0 Å². The molecule has 0 unspecified atom stereocenters. The highest BCUT2D eigenvalue weighted by Crippen LogP contribution is 2.23. The standard InChI is InChI=1S/C14H13ClN2O2S/c15-10-1-3-11(4-2-10)19-12-5-6-13(16-9-12)17-14(18)7-8-20/h1-6,9,20H,7-8H2,(H,16,17,18). The van der Waals surface area contributed by atoms with E-state index in [-0.39, 0.29) is 5.91 Å². The van der Waals surface area contributed by atoms with Crippen molar-refractivity contribution in [1.29, 1.82) is 0 Å². The molecule has 2 rings (SSSR count). The van der Waals surface area contributed by atoms with Crippen molar-refractivity contribution in [2.24, 2.45) is 0 Å². The average Bonchev–Trinajstić information content (AvgIpc) is 2.44. The van der Waals surface area contributed by atoms with Gasteiger partial charge in [-0.1, -0.05) is 11.6 Å². The maximum absolute atomic E-state index is 11.4. The van der Waals surface area contributed by atoms with Gasteiger partial charge in [0.1, 0.15) is 17.3 Å². The molecule has 0 fully saturated rings. The normalized spacial score (nSPS) is 10.1. The number of ether oxygens (including phenoxy) is 1. The molecule has 20 heavy (non-hydrogen) atoms. The van der Waals surface area contributed by atoms with E-state index < -0.39 is 0 Å². The number of nitrogens with zero attached hydrogens (tertiary/aromatic N) is 1. The van der Waals surface area contributed by atoms with Crippen LogP contribution in [0.5, 0.6) is 11.5 Å². The van der Waals surface area contributed by atoms with Gasteiger partial charge in [-0.25, -0.2) is 4.98 Å². The summed E-state index contributed by atoms with van der Waals surface area (Å²) in [5.74, 6) is 2.13. The van der Waals surface area contributed by atoms with Crippen LogP contribution in [0.2, 0.25) is 5.02 Å². The summed E-state index contributed by atoms with van der Waals surface area (Å²) in [5.41, 5.74) is 0. The Labute approximate surface area is 127 Å². The summed E-state index contributed by atoms with van der Waals surface area (Å²) in [4.78, 5) is 15.5. The molecular weight excluding hydrogens is 296 g/mol. The molecule has 1 aromatic carbocycles. The van der Waals surface area contributed by atoms with Crippen LogP contribution >= 0.6 is 24.2 Å². The van der Waals surface area contributed by atoms with Crippen molar-refractivity contribution < 1.29 is 9.53 Å². The molecule has 6 heteroatoms. The number of pyridine rings is 1. The number of carbonyl (C=O) groups excluding carboxylic acids is 1. The summed E-state index contributed by atoms with van der Waals surface area (Å²) in [6, 6.07) is 10.4. The van der Waals surface area contributed by atoms with Crippen LogP contribution in [0.15, 0.2) is 42.6 Å². The summed E-state index contributed by atoms with van der Waals surface area (Å²) in [6.07, 6.45) is 1.90. The minimum atomic E-state index is -0.112. The number of amides is 1. The van der Waals surface area contributed by atoms with E-state index in [0.717, 1.165) is 0 Å². The van der Waals surface area contributed by atoms with E-state index in [1.807, 2.05) is 0 Å². The Kier molecular flexibility index (Phi) is 5.26. The molecule has 0 saturated heterocycles. The van der Waals surface area contributed by atoms with Crippen LogP contribution in [0, 0.1) is 0 Å². The van der Waals surface area contributed by atoms with Crippen molar-refractivity contribution in [1.82, 2.24) is 4.98 Å². The van der Waals surface area contributed by atoms with Crippen LogP contribution in [0.4, 0.5) is 5.82 Å². The molecule has 0 aliphatic rings. The van der Waals surface area contributed by atoms with Gasteiger partial charge < -0.3 is 10.1 Å². The van der Waals surface area contributed by atoms with E-state index in [1.54, 1.807) is 42.6 Å².